The first-order valence-corrected chi connectivity index (χ1v) is 9.19. The van der Waals surface area contributed by atoms with Crippen LogP contribution in [-0.4, -0.2) is 13.0 Å². The maximum atomic E-state index is 12.7. The molecule has 0 aliphatic heterocycles. The van der Waals surface area contributed by atoms with E-state index >= 15 is 0 Å². The van der Waals surface area contributed by atoms with E-state index in [1.807, 2.05) is 25.1 Å². The minimum atomic E-state index is -0.0321. The second-order valence-electron chi connectivity index (χ2n) is 6.85. The van der Waals surface area contributed by atoms with E-state index in [-0.39, 0.29) is 11.9 Å². The van der Waals surface area contributed by atoms with Gasteiger partial charge in [-0.3, -0.25) is 4.79 Å². The number of rotatable bonds is 5. The van der Waals surface area contributed by atoms with Crippen molar-refractivity contribution in [1.82, 2.24) is 5.32 Å². The standard InChI is InChI=1S/C22H27NO2/c1-4-20(18-10-9-16-7-5-6-8-17(16)14-18)23-22(24)19-11-12-21(25-3)15(2)13-19/h9-14,20H,4-8H2,1-3H3,(H,23,24)/t20-/m0/s1. The average molecular weight is 337 g/mol. The fourth-order valence-corrected chi connectivity index (χ4v) is 3.65. The number of hydrogen-bond acceptors (Lipinski definition) is 2. The van der Waals surface area contributed by atoms with Crippen LogP contribution in [0.3, 0.4) is 0 Å². The molecule has 0 bridgehead atoms. The summed E-state index contributed by atoms with van der Waals surface area (Å²) in [4.78, 5) is 12.7. The summed E-state index contributed by atoms with van der Waals surface area (Å²) in [5.74, 6) is 0.772. The van der Waals surface area contributed by atoms with Gasteiger partial charge in [-0.25, -0.2) is 0 Å². The van der Waals surface area contributed by atoms with Gasteiger partial charge in [-0.05, 0) is 79.5 Å². The van der Waals surface area contributed by atoms with E-state index in [1.165, 1.54) is 36.0 Å². The van der Waals surface area contributed by atoms with Gasteiger partial charge in [0.25, 0.3) is 5.91 Å². The molecule has 0 saturated heterocycles. The van der Waals surface area contributed by atoms with E-state index in [0.717, 1.165) is 24.2 Å². The lowest BCUT2D eigenvalue weighted by Gasteiger charge is -2.22. The van der Waals surface area contributed by atoms with Crippen molar-refractivity contribution in [2.45, 2.75) is 52.0 Å². The summed E-state index contributed by atoms with van der Waals surface area (Å²) in [6.07, 6.45) is 5.77. The lowest BCUT2D eigenvalue weighted by molar-refractivity contribution is 0.0935. The second kappa shape index (κ2) is 7.73. The van der Waals surface area contributed by atoms with Gasteiger partial charge in [0.05, 0.1) is 13.2 Å². The second-order valence-corrected chi connectivity index (χ2v) is 6.85. The van der Waals surface area contributed by atoms with Gasteiger partial charge in [0.1, 0.15) is 5.75 Å². The number of carbonyl (C=O) groups is 1. The predicted octanol–water partition coefficient (Wildman–Crippen LogP) is 4.76. The molecule has 1 aliphatic rings. The zero-order chi connectivity index (χ0) is 17.8. The van der Waals surface area contributed by atoms with E-state index < -0.39 is 0 Å². The van der Waals surface area contributed by atoms with Crippen molar-refractivity contribution in [3.8, 4) is 5.75 Å². The maximum absolute atomic E-state index is 12.7. The Kier molecular flexibility index (Phi) is 5.42. The summed E-state index contributed by atoms with van der Waals surface area (Å²) in [6.45, 7) is 4.07. The van der Waals surface area contributed by atoms with Gasteiger partial charge in [-0.15, -0.1) is 0 Å². The molecule has 0 aromatic heterocycles. The summed E-state index contributed by atoms with van der Waals surface area (Å²) in [5.41, 5.74) is 5.78. The van der Waals surface area contributed by atoms with Gasteiger partial charge in [-0.2, -0.15) is 0 Å². The molecule has 0 unspecified atom stereocenters. The largest absolute Gasteiger partial charge is 0.496 e. The van der Waals surface area contributed by atoms with Crippen LogP contribution in [0.5, 0.6) is 5.75 Å². The van der Waals surface area contributed by atoms with Crippen LogP contribution in [0, 0.1) is 6.92 Å². The minimum absolute atomic E-state index is 0.0321. The highest BCUT2D eigenvalue weighted by atomic mass is 16.5. The van der Waals surface area contributed by atoms with Gasteiger partial charge < -0.3 is 10.1 Å². The quantitative estimate of drug-likeness (QED) is 0.854. The van der Waals surface area contributed by atoms with Gasteiger partial charge in [0.15, 0.2) is 0 Å². The third-order valence-corrected chi connectivity index (χ3v) is 5.15. The molecular formula is C22H27NO2. The van der Waals surface area contributed by atoms with Crippen LogP contribution in [0.4, 0.5) is 0 Å². The number of hydrogen-bond donors (Lipinski definition) is 1. The van der Waals surface area contributed by atoms with Crippen LogP contribution >= 0.6 is 0 Å². The lowest BCUT2D eigenvalue weighted by Crippen LogP contribution is -2.28. The van der Waals surface area contributed by atoms with E-state index in [2.05, 4.69) is 30.4 Å². The van der Waals surface area contributed by atoms with Crippen molar-refractivity contribution in [3.05, 3.63) is 64.2 Å². The Bertz CT molecular complexity index is 767. The van der Waals surface area contributed by atoms with Crippen LogP contribution in [0.15, 0.2) is 36.4 Å². The van der Waals surface area contributed by atoms with Crippen LogP contribution in [0.1, 0.15) is 64.8 Å². The van der Waals surface area contributed by atoms with Crippen molar-refractivity contribution < 1.29 is 9.53 Å². The Balaban J connectivity index is 1.77. The van der Waals surface area contributed by atoms with Crippen LogP contribution in [0.25, 0.3) is 0 Å². The van der Waals surface area contributed by atoms with Crippen LogP contribution in [-0.2, 0) is 12.8 Å². The number of aryl methyl sites for hydroxylation is 3. The number of nitrogens with one attached hydrogen (secondary N) is 1. The topological polar surface area (TPSA) is 38.3 Å². The van der Waals surface area contributed by atoms with Crippen molar-refractivity contribution in [3.63, 3.8) is 0 Å². The molecule has 2 aromatic rings. The number of amides is 1. The first-order valence-electron chi connectivity index (χ1n) is 9.19. The monoisotopic (exact) mass is 337 g/mol. The normalized spacial score (nSPS) is 14.5. The summed E-state index contributed by atoms with van der Waals surface area (Å²) < 4.78 is 5.27. The minimum Gasteiger partial charge on any atom is -0.496 e. The molecule has 0 fully saturated rings. The molecule has 1 N–H and O–H groups in total. The molecule has 2 aromatic carbocycles. The summed E-state index contributed by atoms with van der Waals surface area (Å²) in [7, 11) is 1.64. The molecule has 0 spiro atoms. The fraction of sp³-hybridized carbons (Fsp3) is 0.409. The van der Waals surface area contributed by atoms with E-state index in [4.69, 9.17) is 4.74 Å². The molecule has 3 rings (SSSR count). The Hall–Kier alpha value is -2.29. The molecule has 0 radical (unpaired) electrons. The molecular weight excluding hydrogens is 310 g/mol. The summed E-state index contributed by atoms with van der Waals surface area (Å²) in [5, 5.41) is 3.19. The summed E-state index contributed by atoms with van der Waals surface area (Å²) in [6, 6.07) is 12.3. The zero-order valence-electron chi connectivity index (χ0n) is 15.4. The Morgan fingerprint density at radius 2 is 1.88 bits per heavy atom. The van der Waals surface area contributed by atoms with Crippen molar-refractivity contribution in [2.75, 3.05) is 7.11 Å². The van der Waals surface area contributed by atoms with Crippen molar-refractivity contribution in [1.29, 1.82) is 0 Å². The third kappa shape index (κ3) is 3.87. The highest BCUT2D eigenvalue weighted by molar-refractivity contribution is 5.94. The first kappa shape index (κ1) is 17.5. The highest BCUT2D eigenvalue weighted by Crippen LogP contribution is 2.26. The number of methoxy groups -OCH3 is 1. The van der Waals surface area contributed by atoms with Crippen molar-refractivity contribution in [2.24, 2.45) is 0 Å². The SMILES string of the molecule is CC[C@H](NC(=O)c1ccc(OC)c(C)c1)c1ccc2c(c1)CCCC2. The molecule has 1 amide bonds. The van der Waals surface area contributed by atoms with E-state index in [1.54, 1.807) is 7.11 Å². The predicted molar refractivity (Wildman–Crippen MR) is 101 cm³/mol. The molecule has 25 heavy (non-hydrogen) atoms. The molecule has 3 nitrogen and oxygen atoms in total. The van der Waals surface area contributed by atoms with E-state index in [0.29, 0.717) is 5.56 Å². The summed E-state index contributed by atoms with van der Waals surface area (Å²) >= 11 is 0. The Morgan fingerprint density at radius 3 is 2.56 bits per heavy atom. The molecule has 132 valence electrons. The van der Waals surface area contributed by atoms with Crippen molar-refractivity contribution >= 4 is 5.91 Å². The third-order valence-electron chi connectivity index (χ3n) is 5.15. The molecule has 3 heteroatoms. The zero-order valence-corrected chi connectivity index (χ0v) is 15.4. The molecule has 0 saturated carbocycles. The lowest BCUT2D eigenvalue weighted by atomic mass is 9.88. The Morgan fingerprint density at radius 1 is 1.12 bits per heavy atom. The molecule has 1 atom stereocenters. The number of ether oxygens (including phenoxy) is 1. The van der Waals surface area contributed by atoms with Gasteiger partial charge in [-0.1, -0.05) is 25.1 Å². The van der Waals surface area contributed by atoms with Gasteiger partial charge >= 0.3 is 0 Å². The van der Waals surface area contributed by atoms with Crippen LogP contribution in [0.2, 0.25) is 0 Å². The molecule has 1 aliphatic carbocycles. The number of benzene rings is 2. The molecule has 0 heterocycles. The number of carbonyl (C=O) groups excluding carboxylic acids is 1. The average Bonchev–Trinajstić information content (AvgIpc) is 2.65. The van der Waals surface area contributed by atoms with Crippen LogP contribution < -0.4 is 10.1 Å². The smallest absolute Gasteiger partial charge is 0.251 e. The van der Waals surface area contributed by atoms with E-state index in [9.17, 15) is 4.79 Å². The maximum Gasteiger partial charge on any atom is 0.251 e. The van der Waals surface area contributed by atoms with Gasteiger partial charge in [0.2, 0.25) is 0 Å². The number of fused-ring (bicyclic) bond motifs is 1. The first-order chi connectivity index (χ1) is 12.1. The highest BCUT2D eigenvalue weighted by Gasteiger charge is 2.17. The Labute approximate surface area is 150 Å². The fourth-order valence-electron chi connectivity index (χ4n) is 3.65. The van der Waals surface area contributed by atoms with Gasteiger partial charge in [0, 0.05) is 5.56 Å².